The number of aromatic nitrogens is 1. The number of halogens is 4. The number of nitrogens with one attached hydrogen (secondary N) is 1. The molecular weight excluding hydrogens is 305 g/mol. The molecule has 94 valence electrons. The summed E-state index contributed by atoms with van der Waals surface area (Å²) in [5.41, 5.74) is 0.596. The molecule has 4 nitrogen and oxygen atoms in total. The van der Waals surface area contributed by atoms with E-state index >= 15 is 0 Å². The van der Waals surface area contributed by atoms with Crippen molar-refractivity contribution >= 4 is 27.8 Å². The van der Waals surface area contributed by atoms with E-state index in [1.807, 2.05) is 0 Å². The molecule has 0 saturated heterocycles. The maximum atomic E-state index is 11.7. The Labute approximate surface area is 103 Å². The van der Waals surface area contributed by atoms with Crippen molar-refractivity contribution in [2.45, 2.75) is 13.1 Å². The molecule has 0 unspecified atom stereocenters. The second-order valence-electron chi connectivity index (χ2n) is 3.08. The number of hydrogen-bond donors (Lipinski definition) is 1. The van der Waals surface area contributed by atoms with Crippen molar-refractivity contribution in [3.8, 4) is 0 Å². The summed E-state index contributed by atoms with van der Waals surface area (Å²) in [7, 11) is 0. The largest absolute Gasteiger partial charge is 0.440 e. The van der Waals surface area contributed by atoms with E-state index < -0.39 is 18.9 Å². The summed E-state index contributed by atoms with van der Waals surface area (Å²) in [5.74, 6) is 0.123. The zero-order valence-corrected chi connectivity index (χ0v) is 10.2. The zero-order valence-electron chi connectivity index (χ0n) is 8.64. The van der Waals surface area contributed by atoms with Crippen molar-refractivity contribution < 1.29 is 22.7 Å². The predicted molar refractivity (Wildman–Crippen MR) is 57.7 cm³/mol. The number of nitrogens with zero attached hydrogens (tertiary/aromatic N) is 1. The highest BCUT2D eigenvalue weighted by atomic mass is 79.9. The number of carbonyl (C=O) groups is 1. The summed E-state index contributed by atoms with van der Waals surface area (Å²) in [4.78, 5) is 14.9. The topological polar surface area (TPSA) is 51.2 Å². The smallest absolute Gasteiger partial charge is 0.422 e. The molecular formula is C9H8BrF3N2O2. The summed E-state index contributed by atoms with van der Waals surface area (Å²) in [6, 6.07) is 3.05. The number of rotatable bonds is 2. The van der Waals surface area contributed by atoms with Crippen LogP contribution >= 0.6 is 15.9 Å². The van der Waals surface area contributed by atoms with E-state index in [1.165, 1.54) is 6.07 Å². The van der Waals surface area contributed by atoms with Crippen LogP contribution in [0.25, 0.3) is 0 Å². The molecule has 0 aliphatic heterocycles. The van der Waals surface area contributed by atoms with Crippen LogP contribution < -0.4 is 5.32 Å². The number of carbonyl (C=O) groups excluding carboxylic acids is 1. The van der Waals surface area contributed by atoms with Gasteiger partial charge in [-0.1, -0.05) is 0 Å². The maximum Gasteiger partial charge on any atom is 0.422 e. The Morgan fingerprint density at radius 2 is 2.18 bits per heavy atom. The first kappa shape index (κ1) is 13.8. The number of alkyl halides is 3. The molecule has 0 spiro atoms. The lowest BCUT2D eigenvalue weighted by Gasteiger charge is -2.09. The van der Waals surface area contributed by atoms with Crippen molar-refractivity contribution in [3.63, 3.8) is 0 Å². The van der Waals surface area contributed by atoms with Crippen LogP contribution in [0.5, 0.6) is 0 Å². The van der Waals surface area contributed by atoms with Crippen molar-refractivity contribution in [2.75, 3.05) is 11.9 Å². The SMILES string of the molecule is Cc1nc(NC(=O)OCC(F)(F)F)ccc1Br. The normalized spacial score (nSPS) is 11.1. The molecule has 1 aromatic heterocycles. The highest BCUT2D eigenvalue weighted by molar-refractivity contribution is 9.10. The molecule has 0 fully saturated rings. The van der Waals surface area contributed by atoms with E-state index in [0.29, 0.717) is 5.69 Å². The first-order valence-electron chi connectivity index (χ1n) is 4.41. The van der Waals surface area contributed by atoms with Gasteiger partial charge in [-0.3, -0.25) is 5.32 Å². The first-order valence-corrected chi connectivity index (χ1v) is 5.21. The van der Waals surface area contributed by atoms with Crippen molar-refractivity contribution in [2.24, 2.45) is 0 Å². The maximum absolute atomic E-state index is 11.7. The predicted octanol–water partition coefficient (Wildman–Crippen LogP) is 3.26. The van der Waals surface area contributed by atoms with Gasteiger partial charge in [0.05, 0.1) is 5.69 Å². The molecule has 0 aromatic carbocycles. The standard InChI is InChI=1S/C9H8BrF3N2O2/c1-5-6(10)2-3-7(14-5)15-8(16)17-4-9(11,12)13/h2-3H,4H2,1H3,(H,14,15,16). The number of aryl methyl sites for hydroxylation is 1. The van der Waals surface area contributed by atoms with Crippen LogP contribution in [0.2, 0.25) is 0 Å². The average Bonchev–Trinajstić information content (AvgIpc) is 2.20. The lowest BCUT2D eigenvalue weighted by molar-refractivity contribution is -0.159. The van der Waals surface area contributed by atoms with Crippen LogP contribution in [0.3, 0.4) is 0 Å². The molecule has 0 saturated carbocycles. The zero-order chi connectivity index (χ0) is 13.1. The van der Waals surface area contributed by atoms with Crippen molar-refractivity contribution in [1.29, 1.82) is 0 Å². The molecule has 1 heterocycles. The van der Waals surface area contributed by atoms with Gasteiger partial charge in [-0.2, -0.15) is 13.2 Å². The van der Waals surface area contributed by atoms with Crippen LogP contribution in [0.4, 0.5) is 23.8 Å². The Bertz CT molecular complexity index is 423. The molecule has 1 aromatic rings. The van der Waals surface area contributed by atoms with Gasteiger partial charge in [0.1, 0.15) is 5.82 Å². The fraction of sp³-hybridized carbons (Fsp3) is 0.333. The summed E-state index contributed by atoms with van der Waals surface area (Å²) in [6.07, 6.45) is -5.74. The molecule has 0 radical (unpaired) electrons. The number of pyridine rings is 1. The fourth-order valence-electron chi connectivity index (χ4n) is 0.902. The van der Waals surface area contributed by atoms with Crippen LogP contribution in [-0.4, -0.2) is 23.9 Å². The van der Waals surface area contributed by atoms with E-state index in [0.717, 1.165) is 4.47 Å². The fourth-order valence-corrected chi connectivity index (χ4v) is 1.12. The molecule has 0 bridgehead atoms. The van der Waals surface area contributed by atoms with Crippen LogP contribution in [-0.2, 0) is 4.74 Å². The number of amides is 1. The van der Waals surface area contributed by atoms with E-state index in [-0.39, 0.29) is 5.82 Å². The lowest BCUT2D eigenvalue weighted by Crippen LogP contribution is -2.23. The summed E-state index contributed by atoms with van der Waals surface area (Å²) >= 11 is 3.20. The number of hydrogen-bond acceptors (Lipinski definition) is 3. The number of ether oxygens (including phenoxy) is 1. The minimum Gasteiger partial charge on any atom is -0.440 e. The van der Waals surface area contributed by atoms with Crippen LogP contribution in [0, 0.1) is 6.92 Å². The monoisotopic (exact) mass is 312 g/mol. The van der Waals surface area contributed by atoms with Gasteiger partial charge in [0, 0.05) is 4.47 Å². The van der Waals surface area contributed by atoms with Gasteiger partial charge in [0.2, 0.25) is 0 Å². The second-order valence-corrected chi connectivity index (χ2v) is 3.93. The van der Waals surface area contributed by atoms with Gasteiger partial charge < -0.3 is 4.74 Å². The molecule has 0 atom stereocenters. The summed E-state index contributed by atoms with van der Waals surface area (Å²) in [5, 5.41) is 2.09. The lowest BCUT2D eigenvalue weighted by atomic mass is 10.4. The minimum absolute atomic E-state index is 0.123. The quantitative estimate of drug-likeness (QED) is 0.912. The molecule has 1 rings (SSSR count). The van der Waals surface area contributed by atoms with Crippen LogP contribution in [0.15, 0.2) is 16.6 Å². The van der Waals surface area contributed by atoms with E-state index in [1.54, 1.807) is 13.0 Å². The van der Waals surface area contributed by atoms with E-state index in [2.05, 4.69) is 31.0 Å². The van der Waals surface area contributed by atoms with Gasteiger partial charge in [0.25, 0.3) is 0 Å². The van der Waals surface area contributed by atoms with Crippen molar-refractivity contribution in [1.82, 2.24) is 4.98 Å². The highest BCUT2D eigenvalue weighted by Crippen LogP contribution is 2.17. The minimum atomic E-state index is -4.54. The van der Waals surface area contributed by atoms with Gasteiger partial charge in [-0.05, 0) is 35.0 Å². The second kappa shape index (κ2) is 5.35. The first-order chi connectivity index (χ1) is 7.78. The van der Waals surface area contributed by atoms with E-state index in [9.17, 15) is 18.0 Å². The summed E-state index contributed by atoms with van der Waals surface area (Å²) in [6.45, 7) is 0.0463. The molecule has 1 amide bonds. The van der Waals surface area contributed by atoms with Crippen molar-refractivity contribution in [3.05, 3.63) is 22.3 Å². The Hall–Kier alpha value is -1.31. The van der Waals surface area contributed by atoms with E-state index in [4.69, 9.17) is 0 Å². The Morgan fingerprint density at radius 1 is 1.53 bits per heavy atom. The molecule has 1 N–H and O–H groups in total. The highest BCUT2D eigenvalue weighted by Gasteiger charge is 2.29. The third-order valence-corrected chi connectivity index (χ3v) is 2.46. The summed E-state index contributed by atoms with van der Waals surface area (Å²) < 4.78 is 39.9. The average molecular weight is 313 g/mol. The van der Waals surface area contributed by atoms with Crippen LogP contribution in [0.1, 0.15) is 5.69 Å². The third kappa shape index (κ3) is 5.03. The third-order valence-electron chi connectivity index (χ3n) is 1.62. The Kier molecular flexibility index (Phi) is 4.33. The molecule has 8 heteroatoms. The number of anilines is 1. The Balaban J connectivity index is 2.54. The molecule has 17 heavy (non-hydrogen) atoms. The van der Waals surface area contributed by atoms with Gasteiger partial charge in [-0.15, -0.1) is 0 Å². The van der Waals surface area contributed by atoms with Gasteiger partial charge in [-0.25, -0.2) is 9.78 Å². The molecule has 0 aliphatic carbocycles. The Morgan fingerprint density at radius 3 is 2.71 bits per heavy atom. The molecule has 0 aliphatic rings. The van der Waals surface area contributed by atoms with Gasteiger partial charge >= 0.3 is 12.3 Å². The van der Waals surface area contributed by atoms with Gasteiger partial charge in [0.15, 0.2) is 6.61 Å².